The van der Waals surface area contributed by atoms with Gasteiger partial charge in [-0.2, -0.15) is 0 Å². The van der Waals surface area contributed by atoms with E-state index in [1.54, 1.807) is 36.0 Å². The average molecular weight is 275 g/mol. The van der Waals surface area contributed by atoms with Crippen molar-refractivity contribution in [2.75, 3.05) is 11.6 Å². The second kappa shape index (κ2) is 6.19. The number of aromatic nitrogens is 2. The van der Waals surface area contributed by atoms with Crippen molar-refractivity contribution in [3.05, 3.63) is 47.8 Å². The minimum atomic E-state index is -0.917. The van der Waals surface area contributed by atoms with Gasteiger partial charge in [0.1, 0.15) is 17.2 Å². The number of carbonyl (C=O) groups is 1. The third-order valence-electron chi connectivity index (χ3n) is 2.53. The highest BCUT2D eigenvalue weighted by atomic mass is 32.2. The Balaban J connectivity index is 1.99. The first-order valence-corrected chi connectivity index (χ1v) is 6.83. The van der Waals surface area contributed by atoms with Gasteiger partial charge in [0.15, 0.2) is 0 Å². The van der Waals surface area contributed by atoms with Crippen molar-refractivity contribution in [3.63, 3.8) is 0 Å². The van der Waals surface area contributed by atoms with E-state index in [-0.39, 0.29) is 5.56 Å². The molecule has 0 aliphatic rings. The molecule has 1 aromatic carbocycles. The highest BCUT2D eigenvalue weighted by Gasteiger charge is 2.02. The Morgan fingerprint density at radius 2 is 2.05 bits per heavy atom. The fraction of sp³-hybridized carbons (Fsp3) is 0.154. The molecule has 0 bridgehead atoms. The Labute approximate surface area is 115 Å². The van der Waals surface area contributed by atoms with Crippen LogP contribution in [-0.2, 0) is 6.54 Å². The van der Waals surface area contributed by atoms with Gasteiger partial charge in [-0.25, -0.2) is 14.8 Å². The van der Waals surface area contributed by atoms with E-state index in [4.69, 9.17) is 5.11 Å². The topological polar surface area (TPSA) is 75.1 Å². The van der Waals surface area contributed by atoms with Crippen LogP contribution >= 0.6 is 11.8 Å². The molecule has 0 amide bonds. The monoisotopic (exact) mass is 275 g/mol. The van der Waals surface area contributed by atoms with Crippen LogP contribution in [0.15, 0.2) is 41.7 Å². The number of thioether (sulfide) groups is 1. The normalized spacial score (nSPS) is 10.2. The van der Waals surface area contributed by atoms with Gasteiger partial charge in [0.25, 0.3) is 0 Å². The number of hydrogen-bond acceptors (Lipinski definition) is 5. The van der Waals surface area contributed by atoms with Gasteiger partial charge in [0, 0.05) is 12.6 Å². The molecule has 2 rings (SSSR count). The third-order valence-corrected chi connectivity index (χ3v) is 3.17. The van der Waals surface area contributed by atoms with Crippen molar-refractivity contribution >= 4 is 23.5 Å². The SMILES string of the molecule is CSc1cc(NCc2ccc(C(=O)O)cc2)ncn1. The van der Waals surface area contributed by atoms with Gasteiger partial charge in [-0.3, -0.25) is 0 Å². The number of hydrogen-bond donors (Lipinski definition) is 2. The first kappa shape index (κ1) is 13.4. The van der Waals surface area contributed by atoms with Gasteiger partial charge in [0.2, 0.25) is 0 Å². The van der Waals surface area contributed by atoms with Gasteiger partial charge in [-0.1, -0.05) is 12.1 Å². The number of benzene rings is 1. The van der Waals surface area contributed by atoms with Crippen molar-refractivity contribution in [3.8, 4) is 0 Å². The maximum absolute atomic E-state index is 10.7. The highest BCUT2D eigenvalue weighted by molar-refractivity contribution is 7.98. The second-order valence-corrected chi connectivity index (χ2v) is 4.63. The fourth-order valence-corrected chi connectivity index (χ4v) is 1.89. The molecular formula is C13H13N3O2S. The lowest BCUT2D eigenvalue weighted by Crippen LogP contribution is -2.03. The van der Waals surface area contributed by atoms with Crippen LogP contribution in [0.3, 0.4) is 0 Å². The molecule has 2 aromatic rings. The molecule has 6 heteroatoms. The molecule has 0 atom stereocenters. The van der Waals surface area contributed by atoms with Crippen molar-refractivity contribution in [2.45, 2.75) is 11.6 Å². The lowest BCUT2D eigenvalue weighted by Gasteiger charge is -2.06. The number of nitrogens with one attached hydrogen (secondary N) is 1. The summed E-state index contributed by atoms with van der Waals surface area (Å²) >= 11 is 1.55. The number of carboxylic acids is 1. The fourth-order valence-electron chi connectivity index (χ4n) is 1.51. The van der Waals surface area contributed by atoms with Crippen LogP contribution in [0.5, 0.6) is 0 Å². The Morgan fingerprint density at radius 3 is 2.68 bits per heavy atom. The summed E-state index contributed by atoms with van der Waals surface area (Å²) in [7, 11) is 0. The van der Waals surface area contributed by atoms with E-state index >= 15 is 0 Å². The van der Waals surface area contributed by atoms with Crippen molar-refractivity contribution in [2.24, 2.45) is 0 Å². The van der Waals surface area contributed by atoms with Crippen LogP contribution in [0.1, 0.15) is 15.9 Å². The lowest BCUT2D eigenvalue weighted by molar-refractivity contribution is 0.0697. The first-order chi connectivity index (χ1) is 9.19. The van der Waals surface area contributed by atoms with Crippen LogP contribution in [0, 0.1) is 0 Å². The van der Waals surface area contributed by atoms with Crippen molar-refractivity contribution in [1.82, 2.24) is 9.97 Å². The Morgan fingerprint density at radius 1 is 1.32 bits per heavy atom. The maximum atomic E-state index is 10.7. The van der Waals surface area contributed by atoms with E-state index in [2.05, 4.69) is 15.3 Å². The zero-order chi connectivity index (χ0) is 13.7. The van der Waals surface area contributed by atoms with E-state index < -0.39 is 5.97 Å². The number of nitrogens with zero attached hydrogens (tertiary/aromatic N) is 2. The summed E-state index contributed by atoms with van der Waals surface area (Å²) in [4.78, 5) is 18.9. The summed E-state index contributed by atoms with van der Waals surface area (Å²) in [5.41, 5.74) is 1.28. The van der Waals surface area contributed by atoms with Crippen LogP contribution in [0.4, 0.5) is 5.82 Å². The Kier molecular flexibility index (Phi) is 4.35. The lowest BCUT2D eigenvalue weighted by atomic mass is 10.1. The molecule has 98 valence electrons. The van der Waals surface area contributed by atoms with Crippen LogP contribution in [0.25, 0.3) is 0 Å². The zero-order valence-corrected chi connectivity index (χ0v) is 11.1. The molecular weight excluding hydrogens is 262 g/mol. The summed E-state index contributed by atoms with van der Waals surface area (Å²) in [5.74, 6) is -0.165. The molecule has 0 radical (unpaired) electrons. The first-order valence-electron chi connectivity index (χ1n) is 5.61. The standard InChI is InChI=1S/C13H13N3O2S/c1-19-12-6-11(15-8-16-12)14-7-9-2-4-10(5-3-9)13(17)18/h2-6,8H,7H2,1H3,(H,17,18)(H,14,15,16). The summed E-state index contributed by atoms with van der Waals surface area (Å²) in [6.45, 7) is 0.588. The molecule has 5 nitrogen and oxygen atoms in total. The average Bonchev–Trinajstić information content (AvgIpc) is 2.46. The van der Waals surface area contributed by atoms with Crippen LogP contribution in [-0.4, -0.2) is 27.3 Å². The third kappa shape index (κ3) is 3.69. The van der Waals surface area contributed by atoms with Gasteiger partial charge >= 0.3 is 5.97 Å². The number of carboxylic acid groups (broad SMARTS) is 1. The molecule has 0 aliphatic carbocycles. The molecule has 1 heterocycles. The van der Waals surface area contributed by atoms with Gasteiger partial charge in [0.05, 0.1) is 5.56 Å². The number of aromatic carboxylic acids is 1. The van der Waals surface area contributed by atoms with Gasteiger partial charge < -0.3 is 10.4 Å². The van der Waals surface area contributed by atoms with E-state index in [0.29, 0.717) is 6.54 Å². The molecule has 2 N–H and O–H groups in total. The molecule has 0 fully saturated rings. The van der Waals surface area contributed by atoms with Gasteiger partial charge in [-0.05, 0) is 24.0 Å². The van der Waals surface area contributed by atoms with E-state index in [0.717, 1.165) is 16.4 Å². The van der Waals surface area contributed by atoms with E-state index in [1.165, 1.54) is 6.33 Å². The minimum absolute atomic E-state index is 0.287. The smallest absolute Gasteiger partial charge is 0.335 e. The molecule has 19 heavy (non-hydrogen) atoms. The summed E-state index contributed by atoms with van der Waals surface area (Å²) in [5, 5.41) is 12.9. The predicted molar refractivity (Wildman–Crippen MR) is 74.5 cm³/mol. The van der Waals surface area contributed by atoms with Crippen LogP contribution < -0.4 is 5.32 Å². The maximum Gasteiger partial charge on any atom is 0.335 e. The summed E-state index contributed by atoms with van der Waals surface area (Å²) in [6, 6.07) is 8.62. The molecule has 0 unspecified atom stereocenters. The molecule has 1 aromatic heterocycles. The van der Waals surface area contributed by atoms with Crippen molar-refractivity contribution < 1.29 is 9.90 Å². The summed E-state index contributed by atoms with van der Waals surface area (Å²) in [6.07, 6.45) is 3.47. The van der Waals surface area contributed by atoms with Crippen LogP contribution in [0.2, 0.25) is 0 Å². The Hall–Kier alpha value is -2.08. The zero-order valence-electron chi connectivity index (χ0n) is 10.3. The van der Waals surface area contributed by atoms with Crippen molar-refractivity contribution in [1.29, 1.82) is 0 Å². The quantitative estimate of drug-likeness (QED) is 0.645. The second-order valence-electron chi connectivity index (χ2n) is 3.80. The molecule has 0 aliphatic heterocycles. The molecule has 0 spiro atoms. The molecule has 0 saturated heterocycles. The largest absolute Gasteiger partial charge is 0.478 e. The Bertz CT molecular complexity index is 572. The number of anilines is 1. The number of rotatable bonds is 5. The minimum Gasteiger partial charge on any atom is -0.478 e. The predicted octanol–water partition coefficient (Wildman–Crippen LogP) is 2.51. The summed E-state index contributed by atoms with van der Waals surface area (Å²) < 4.78 is 0. The van der Waals surface area contributed by atoms with E-state index in [9.17, 15) is 4.79 Å². The van der Waals surface area contributed by atoms with Gasteiger partial charge in [-0.15, -0.1) is 11.8 Å². The highest BCUT2D eigenvalue weighted by Crippen LogP contribution is 2.14. The molecule has 0 saturated carbocycles. The van der Waals surface area contributed by atoms with E-state index in [1.807, 2.05) is 12.3 Å².